The summed E-state index contributed by atoms with van der Waals surface area (Å²) in [6.45, 7) is 10.3. The zero-order chi connectivity index (χ0) is 25.2. The van der Waals surface area contributed by atoms with E-state index in [1.165, 1.54) is 0 Å². The molecule has 0 amide bonds. The van der Waals surface area contributed by atoms with Crippen molar-refractivity contribution in [1.82, 2.24) is 24.6 Å². The Morgan fingerprint density at radius 3 is 2.51 bits per heavy atom. The van der Waals surface area contributed by atoms with E-state index in [0.717, 1.165) is 49.4 Å². The minimum Gasteiger partial charge on any atom is -0.495 e. The lowest BCUT2D eigenvalue weighted by atomic mass is 10.0. The molecule has 0 aliphatic heterocycles. The number of ketones is 1. The van der Waals surface area contributed by atoms with Crippen LogP contribution in [0.15, 0.2) is 36.9 Å². The molecule has 0 aliphatic rings. The molecule has 0 unspecified atom stereocenters. The van der Waals surface area contributed by atoms with Crippen LogP contribution >= 0.6 is 11.6 Å². The molecule has 0 saturated carbocycles. The van der Waals surface area contributed by atoms with Gasteiger partial charge < -0.3 is 15.0 Å². The number of hydrogen-bond donors (Lipinski definition) is 1. The summed E-state index contributed by atoms with van der Waals surface area (Å²) < 4.78 is 7.30. The highest BCUT2D eigenvalue weighted by atomic mass is 35.5. The second-order valence-corrected chi connectivity index (χ2v) is 8.72. The molecule has 0 radical (unpaired) electrons. The molecule has 0 aliphatic carbocycles. The minimum atomic E-state index is 0.0622. The van der Waals surface area contributed by atoms with Crippen LogP contribution in [-0.2, 0) is 19.4 Å². The molecule has 2 aromatic heterocycles. The van der Waals surface area contributed by atoms with E-state index in [2.05, 4.69) is 39.1 Å². The van der Waals surface area contributed by atoms with Crippen molar-refractivity contribution in [2.45, 2.75) is 53.0 Å². The molecule has 35 heavy (non-hydrogen) atoms. The Balaban J connectivity index is 1.56. The third-order valence-electron chi connectivity index (χ3n) is 6.01. The van der Waals surface area contributed by atoms with Crippen molar-refractivity contribution in [1.29, 1.82) is 0 Å². The number of nitrogens with zero attached hydrogens (tertiary/aromatic N) is 5. The fraction of sp³-hybridized carbons (Fsp3) is 0.462. The molecule has 0 fully saturated rings. The van der Waals surface area contributed by atoms with Crippen LogP contribution < -0.4 is 10.1 Å². The van der Waals surface area contributed by atoms with E-state index in [1.54, 1.807) is 31.8 Å². The maximum Gasteiger partial charge on any atom is 0.227 e. The van der Waals surface area contributed by atoms with Gasteiger partial charge in [-0.3, -0.25) is 9.48 Å². The molecular formula is C26H35ClN6O2. The number of ether oxygens (including phenoxy) is 1. The van der Waals surface area contributed by atoms with Crippen molar-refractivity contribution >= 4 is 29.0 Å². The summed E-state index contributed by atoms with van der Waals surface area (Å²) in [5.74, 6) is 1.10. The van der Waals surface area contributed by atoms with Crippen LogP contribution in [0, 0.1) is 0 Å². The van der Waals surface area contributed by atoms with Gasteiger partial charge in [-0.15, -0.1) is 0 Å². The average Bonchev–Trinajstić information content (AvgIpc) is 3.33. The molecule has 3 rings (SSSR count). The molecule has 3 aromatic rings. The lowest BCUT2D eigenvalue weighted by Gasteiger charge is -2.17. The predicted molar refractivity (Wildman–Crippen MR) is 140 cm³/mol. The Morgan fingerprint density at radius 1 is 1.11 bits per heavy atom. The van der Waals surface area contributed by atoms with Gasteiger partial charge in [0, 0.05) is 37.1 Å². The van der Waals surface area contributed by atoms with Crippen LogP contribution in [0.25, 0.3) is 0 Å². The molecule has 1 N–H and O–H groups in total. The smallest absolute Gasteiger partial charge is 0.227 e. The maximum absolute atomic E-state index is 12.2. The first-order valence-electron chi connectivity index (χ1n) is 12.2. The van der Waals surface area contributed by atoms with Gasteiger partial charge in [-0.2, -0.15) is 5.10 Å². The molecule has 0 bridgehead atoms. The van der Waals surface area contributed by atoms with Gasteiger partial charge in [-0.25, -0.2) is 9.97 Å². The van der Waals surface area contributed by atoms with Crippen molar-refractivity contribution in [3.63, 3.8) is 0 Å². The molecule has 8 nitrogen and oxygen atoms in total. The van der Waals surface area contributed by atoms with Crippen LogP contribution in [0.3, 0.4) is 0 Å². The SMILES string of the molecule is CCC(=O)c1cc(CCc2cnc(Nc3cnn(CCCN(CC)CC)c3)nc2)c(Cl)c(OC)c1. The highest BCUT2D eigenvalue weighted by molar-refractivity contribution is 6.33. The van der Waals surface area contributed by atoms with Gasteiger partial charge in [0.15, 0.2) is 5.78 Å². The monoisotopic (exact) mass is 498 g/mol. The lowest BCUT2D eigenvalue weighted by molar-refractivity contribution is 0.0987. The van der Waals surface area contributed by atoms with Crippen LogP contribution in [0.5, 0.6) is 5.75 Å². The summed E-state index contributed by atoms with van der Waals surface area (Å²) >= 11 is 6.49. The summed E-state index contributed by atoms with van der Waals surface area (Å²) in [5, 5.41) is 8.16. The van der Waals surface area contributed by atoms with Gasteiger partial charge in [0.25, 0.3) is 0 Å². The first kappa shape index (κ1) is 26.6. The summed E-state index contributed by atoms with van der Waals surface area (Å²) in [4.78, 5) is 23.5. The predicted octanol–water partition coefficient (Wildman–Crippen LogP) is 5.19. The van der Waals surface area contributed by atoms with E-state index in [4.69, 9.17) is 16.3 Å². The van der Waals surface area contributed by atoms with Gasteiger partial charge in [-0.1, -0.05) is 32.4 Å². The van der Waals surface area contributed by atoms with E-state index in [0.29, 0.717) is 41.5 Å². The number of anilines is 2. The fourth-order valence-electron chi connectivity index (χ4n) is 3.85. The molecule has 0 spiro atoms. The number of nitrogens with one attached hydrogen (secondary N) is 1. The van der Waals surface area contributed by atoms with Crippen LogP contribution in [0.1, 0.15) is 55.1 Å². The molecule has 188 valence electrons. The second-order valence-electron chi connectivity index (χ2n) is 8.34. The van der Waals surface area contributed by atoms with E-state index < -0.39 is 0 Å². The minimum absolute atomic E-state index is 0.0622. The third kappa shape index (κ3) is 7.50. The first-order chi connectivity index (χ1) is 17.0. The number of benzene rings is 1. The Morgan fingerprint density at radius 2 is 1.86 bits per heavy atom. The van der Waals surface area contributed by atoms with Crippen molar-refractivity contribution in [2.75, 3.05) is 32.1 Å². The lowest BCUT2D eigenvalue weighted by Crippen LogP contribution is -2.24. The number of aromatic nitrogens is 4. The Hall–Kier alpha value is -2.97. The van der Waals surface area contributed by atoms with Gasteiger partial charge >= 0.3 is 0 Å². The summed E-state index contributed by atoms with van der Waals surface area (Å²) in [7, 11) is 1.56. The average molecular weight is 499 g/mol. The number of aryl methyl sites for hydroxylation is 3. The second kappa shape index (κ2) is 13.2. The number of halogens is 1. The number of hydrogen-bond acceptors (Lipinski definition) is 7. The largest absolute Gasteiger partial charge is 0.495 e. The molecule has 0 atom stereocenters. The molecule has 1 aromatic carbocycles. The van der Waals surface area contributed by atoms with E-state index in [-0.39, 0.29) is 5.78 Å². The number of carbonyl (C=O) groups excluding carboxylic acids is 1. The summed E-state index contributed by atoms with van der Waals surface area (Å²) in [6.07, 6.45) is 10.2. The molecule has 2 heterocycles. The standard InChI is InChI=1S/C26H35ClN6O2/c1-5-23(34)21-13-20(25(27)24(14-21)35-4)10-9-19-15-28-26(29-16-19)31-22-17-30-33(18-22)12-8-11-32(6-2)7-3/h13-18H,5-12H2,1-4H3,(H,28,29,31). The maximum atomic E-state index is 12.2. The highest BCUT2D eigenvalue weighted by Gasteiger charge is 2.14. The quantitative estimate of drug-likeness (QED) is 0.306. The summed E-state index contributed by atoms with van der Waals surface area (Å²) in [5.41, 5.74) is 3.33. The zero-order valence-corrected chi connectivity index (χ0v) is 21.8. The van der Waals surface area contributed by atoms with E-state index >= 15 is 0 Å². The van der Waals surface area contributed by atoms with Gasteiger partial charge in [-0.05, 0) is 62.2 Å². The number of carbonyl (C=O) groups is 1. The van der Waals surface area contributed by atoms with E-state index in [1.807, 2.05) is 23.9 Å². The molecule has 0 saturated heterocycles. The molecule has 9 heteroatoms. The third-order valence-corrected chi connectivity index (χ3v) is 6.44. The first-order valence-corrected chi connectivity index (χ1v) is 12.6. The Labute approximate surface area is 212 Å². The molecular weight excluding hydrogens is 464 g/mol. The topological polar surface area (TPSA) is 85.2 Å². The van der Waals surface area contributed by atoms with Crippen molar-refractivity contribution in [2.24, 2.45) is 0 Å². The van der Waals surface area contributed by atoms with Crippen LogP contribution in [0.4, 0.5) is 11.6 Å². The number of methoxy groups -OCH3 is 1. The van der Waals surface area contributed by atoms with E-state index in [9.17, 15) is 4.79 Å². The number of rotatable bonds is 14. The zero-order valence-electron chi connectivity index (χ0n) is 21.1. The Kier molecular flexibility index (Phi) is 10.0. The van der Waals surface area contributed by atoms with Crippen LogP contribution in [-0.4, -0.2) is 57.2 Å². The fourth-order valence-corrected chi connectivity index (χ4v) is 4.13. The van der Waals surface area contributed by atoms with Crippen molar-refractivity contribution < 1.29 is 9.53 Å². The Bertz CT molecular complexity index is 1100. The van der Waals surface area contributed by atoms with Gasteiger partial charge in [0.2, 0.25) is 5.95 Å². The van der Waals surface area contributed by atoms with Gasteiger partial charge in [0.05, 0.1) is 24.0 Å². The van der Waals surface area contributed by atoms with Crippen molar-refractivity contribution in [3.8, 4) is 5.75 Å². The number of Topliss-reactive ketones (excluding diaryl/α,β-unsaturated/α-hetero) is 1. The summed E-state index contributed by atoms with van der Waals surface area (Å²) in [6, 6.07) is 3.56. The van der Waals surface area contributed by atoms with Gasteiger partial charge in [0.1, 0.15) is 5.75 Å². The highest BCUT2D eigenvalue weighted by Crippen LogP contribution is 2.31. The normalized spacial score (nSPS) is 11.1. The van der Waals surface area contributed by atoms with Crippen molar-refractivity contribution in [3.05, 3.63) is 58.6 Å². The van der Waals surface area contributed by atoms with Crippen LogP contribution in [0.2, 0.25) is 5.02 Å².